The highest BCUT2D eigenvalue weighted by Gasteiger charge is 2.61. The van der Waals surface area contributed by atoms with Crippen molar-refractivity contribution in [3.8, 4) is 0 Å². The Bertz CT molecular complexity index is 630. The lowest BCUT2D eigenvalue weighted by Gasteiger charge is -2.57. The van der Waals surface area contributed by atoms with E-state index < -0.39 is 0 Å². The fourth-order valence-electron chi connectivity index (χ4n) is 8.51. The quantitative estimate of drug-likeness (QED) is 0.446. The van der Waals surface area contributed by atoms with Crippen molar-refractivity contribution in [1.29, 1.82) is 0 Å². The predicted octanol–water partition coefficient (Wildman–Crippen LogP) is 7.60. The summed E-state index contributed by atoms with van der Waals surface area (Å²) in [6.07, 6.45) is 16.8. The third kappa shape index (κ3) is 3.24. The van der Waals surface area contributed by atoms with E-state index in [1.807, 2.05) is 0 Å². The van der Waals surface area contributed by atoms with E-state index in [0.717, 1.165) is 24.2 Å². The first-order valence-electron chi connectivity index (χ1n) is 12.5. The number of allylic oxidation sites excluding steroid dienone is 2. The third-order valence-electron chi connectivity index (χ3n) is 9.94. The fourth-order valence-corrected chi connectivity index (χ4v) is 8.51. The lowest BCUT2D eigenvalue weighted by atomic mass is 9.47. The average Bonchev–Trinajstić information content (AvgIpc) is 2.91. The summed E-state index contributed by atoms with van der Waals surface area (Å²) in [5.74, 6) is 4.55. The van der Waals surface area contributed by atoms with E-state index >= 15 is 0 Å². The Morgan fingerprint density at radius 3 is 2.61 bits per heavy atom. The molecule has 0 spiro atoms. The molecule has 3 fully saturated rings. The Morgan fingerprint density at radius 2 is 1.86 bits per heavy atom. The molecule has 4 aliphatic rings. The van der Waals surface area contributed by atoms with Crippen LogP contribution in [0.2, 0.25) is 0 Å². The number of ketones is 1. The first-order valence-corrected chi connectivity index (χ1v) is 12.5. The zero-order valence-electron chi connectivity index (χ0n) is 19.2. The molecule has 4 aliphatic carbocycles. The molecule has 0 radical (unpaired) electrons. The number of hydrogen-bond acceptors (Lipinski definition) is 1. The van der Waals surface area contributed by atoms with Gasteiger partial charge in [-0.1, -0.05) is 65.5 Å². The highest BCUT2D eigenvalue weighted by Crippen LogP contribution is 2.66. The second-order valence-electron chi connectivity index (χ2n) is 12.0. The van der Waals surface area contributed by atoms with Gasteiger partial charge >= 0.3 is 0 Å². The van der Waals surface area contributed by atoms with Crippen LogP contribution >= 0.6 is 0 Å². The van der Waals surface area contributed by atoms with Crippen molar-refractivity contribution < 1.29 is 4.79 Å². The minimum absolute atomic E-state index is 0.270. The lowest BCUT2D eigenvalue weighted by molar-refractivity contribution is -0.124. The highest BCUT2D eigenvalue weighted by molar-refractivity contribution is 5.85. The number of Topliss-reactive ketones (excluding diaryl/α,β-unsaturated/α-hetero) is 1. The molecule has 28 heavy (non-hydrogen) atoms. The monoisotopic (exact) mass is 384 g/mol. The van der Waals surface area contributed by atoms with Gasteiger partial charge in [0.2, 0.25) is 0 Å². The molecule has 0 saturated heterocycles. The number of hydrogen-bond donors (Lipinski definition) is 0. The second-order valence-corrected chi connectivity index (χ2v) is 12.0. The van der Waals surface area contributed by atoms with Crippen molar-refractivity contribution in [2.75, 3.05) is 0 Å². The van der Waals surface area contributed by atoms with Crippen molar-refractivity contribution >= 4 is 5.78 Å². The van der Waals surface area contributed by atoms with Gasteiger partial charge < -0.3 is 0 Å². The second kappa shape index (κ2) is 7.59. The summed E-state index contributed by atoms with van der Waals surface area (Å²) in [4.78, 5) is 13.3. The molecule has 0 bridgehead atoms. The topological polar surface area (TPSA) is 17.1 Å². The number of rotatable bonds is 5. The maximum Gasteiger partial charge on any atom is 0.137 e. The summed E-state index contributed by atoms with van der Waals surface area (Å²) in [5.41, 5.74) is 2.50. The van der Waals surface area contributed by atoms with Gasteiger partial charge in [0.15, 0.2) is 0 Å². The van der Waals surface area contributed by atoms with Gasteiger partial charge in [0.1, 0.15) is 5.78 Å². The maximum atomic E-state index is 13.3. The van der Waals surface area contributed by atoms with E-state index in [-0.39, 0.29) is 5.41 Å². The summed E-state index contributed by atoms with van der Waals surface area (Å²) in [6.45, 7) is 12.1. The Hall–Kier alpha value is -0.590. The molecule has 158 valence electrons. The van der Waals surface area contributed by atoms with Gasteiger partial charge in [0, 0.05) is 12.3 Å². The molecule has 0 N–H and O–H groups in total. The summed E-state index contributed by atoms with van der Waals surface area (Å²) >= 11 is 0. The third-order valence-corrected chi connectivity index (χ3v) is 9.94. The molecule has 7 atom stereocenters. The summed E-state index contributed by atoms with van der Waals surface area (Å²) < 4.78 is 0. The predicted molar refractivity (Wildman–Crippen MR) is 118 cm³/mol. The number of carbonyl (C=O) groups is 1. The molecule has 1 nitrogen and oxygen atoms in total. The Balaban J connectivity index is 1.54. The van der Waals surface area contributed by atoms with Crippen LogP contribution in [-0.4, -0.2) is 5.78 Å². The molecule has 0 heterocycles. The van der Waals surface area contributed by atoms with E-state index in [0.29, 0.717) is 29.0 Å². The Morgan fingerprint density at radius 1 is 1.07 bits per heavy atom. The van der Waals surface area contributed by atoms with E-state index in [9.17, 15) is 4.79 Å². The molecular weight excluding hydrogens is 340 g/mol. The van der Waals surface area contributed by atoms with E-state index in [2.05, 4.69) is 40.7 Å². The molecule has 0 amide bonds. The van der Waals surface area contributed by atoms with Gasteiger partial charge in [0.25, 0.3) is 0 Å². The molecular formula is C27H44O. The van der Waals surface area contributed by atoms with Crippen molar-refractivity contribution in [2.24, 2.45) is 46.3 Å². The van der Waals surface area contributed by atoms with Crippen LogP contribution in [0.4, 0.5) is 0 Å². The minimum atomic E-state index is 0.270. The van der Waals surface area contributed by atoms with Crippen LogP contribution in [0, 0.1) is 46.3 Å². The number of carbonyl (C=O) groups excluding carboxylic acids is 1. The zero-order chi connectivity index (χ0) is 20.1. The van der Waals surface area contributed by atoms with Crippen LogP contribution in [0.15, 0.2) is 11.6 Å². The molecule has 0 aromatic rings. The largest absolute Gasteiger partial charge is 0.299 e. The first kappa shape index (κ1) is 20.7. The standard InChI is InChI=1S/C27H44O/c1-18(2)9-8-10-19(3)25-24(28)17-23-21-13-12-20-11-6-7-15-26(20,4)22(21)14-16-27(23,25)5/h12,18-19,21-23,25H,6-11,13-17H2,1-5H3/t19-,21-,22+,23+,25?,26+,27+/m1/s1. The van der Waals surface area contributed by atoms with Crippen molar-refractivity contribution in [2.45, 2.75) is 105 Å². The molecule has 3 saturated carbocycles. The molecule has 1 unspecified atom stereocenters. The average molecular weight is 385 g/mol. The van der Waals surface area contributed by atoms with Gasteiger partial charge in [-0.25, -0.2) is 0 Å². The molecule has 0 aromatic heterocycles. The van der Waals surface area contributed by atoms with Crippen LogP contribution < -0.4 is 0 Å². The van der Waals surface area contributed by atoms with E-state index in [4.69, 9.17) is 0 Å². The van der Waals surface area contributed by atoms with E-state index in [1.165, 1.54) is 64.2 Å². The smallest absolute Gasteiger partial charge is 0.137 e. The van der Waals surface area contributed by atoms with E-state index in [1.54, 1.807) is 5.57 Å². The Kier molecular flexibility index (Phi) is 5.60. The zero-order valence-corrected chi connectivity index (χ0v) is 19.2. The van der Waals surface area contributed by atoms with Crippen molar-refractivity contribution in [3.05, 3.63) is 11.6 Å². The highest BCUT2D eigenvalue weighted by atomic mass is 16.1. The van der Waals surface area contributed by atoms with Gasteiger partial charge in [-0.15, -0.1) is 0 Å². The minimum Gasteiger partial charge on any atom is -0.299 e. The molecule has 4 rings (SSSR count). The van der Waals surface area contributed by atoms with Crippen LogP contribution in [-0.2, 0) is 4.79 Å². The van der Waals surface area contributed by atoms with Crippen LogP contribution in [0.1, 0.15) is 105 Å². The van der Waals surface area contributed by atoms with Gasteiger partial charge in [-0.3, -0.25) is 4.79 Å². The molecule has 1 heteroatoms. The van der Waals surface area contributed by atoms with Gasteiger partial charge in [-0.2, -0.15) is 0 Å². The normalized spacial score (nSPS) is 43.9. The lowest BCUT2D eigenvalue weighted by Crippen LogP contribution is -2.50. The van der Waals surface area contributed by atoms with Gasteiger partial charge in [-0.05, 0) is 85.4 Å². The molecule has 0 aromatic carbocycles. The van der Waals surface area contributed by atoms with Crippen LogP contribution in [0.25, 0.3) is 0 Å². The SMILES string of the molecule is CC(C)CCC[C@@H](C)C1C(=O)C[C@H]2[C@@H]3CC=C4CCCC[C@]4(C)[C@H]3CC[C@]12C. The summed E-state index contributed by atoms with van der Waals surface area (Å²) in [6, 6.07) is 0. The summed E-state index contributed by atoms with van der Waals surface area (Å²) in [7, 11) is 0. The van der Waals surface area contributed by atoms with Crippen LogP contribution in [0.3, 0.4) is 0 Å². The first-order chi connectivity index (χ1) is 13.3. The fraction of sp³-hybridized carbons (Fsp3) is 0.889. The van der Waals surface area contributed by atoms with Crippen molar-refractivity contribution in [1.82, 2.24) is 0 Å². The Labute approximate surface area is 174 Å². The van der Waals surface area contributed by atoms with Crippen molar-refractivity contribution in [3.63, 3.8) is 0 Å². The van der Waals surface area contributed by atoms with Crippen LogP contribution in [0.5, 0.6) is 0 Å². The van der Waals surface area contributed by atoms with Gasteiger partial charge in [0.05, 0.1) is 0 Å². The molecule has 0 aliphatic heterocycles. The summed E-state index contributed by atoms with van der Waals surface area (Å²) in [5, 5.41) is 0. The number of fused-ring (bicyclic) bond motifs is 5. The maximum absolute atomic E-state index is 13.3.